The molecule has 8 heteroatoms. The highest BCUT2D eigenvalue weighted by atomic mass is 16.6. The van der Waals surface area contributed by atoms with E-state index in [4.69, 9.17) is 10.00 Å². The van der Waals surface area contributed by atoms with Crippen molar-refractivity contribution in [2.45, 2.75) is 12.6 Å². The summed E-state index contributed by atoms with van der Waals surface area (Å²) in [6, 6.07) is 10.5. The standard InChI is InChI=1S/C15H13N3O5/c16-7-11-1-4-14(5-2-11)23-10-13(19)9-17-8-12(18(21)22)3-6-15(17)20/h1-6,8,13,19H,9-10H2/t13-/m1/s1. The molecule has 0 fully saturated rings. The molecule has 0 saturated heterocycles. The van der Waals surface area contributed by atoms with Crippen molar-refractivity contribution >= 4 is 5.69 Å². The number of nitriles is 1. The van der Waals surface area contributed by atoms with E-state index in [0.29, 0.717) is 11.3 Å². The van der Waals surface area contributed by atoms with Gasteiger partial charge in [-0.2, -0.15) is 5.26 Å². The summed E-state index contributed by atoms with van der Waals surface area (Å²) in [6.45, 7) is -0.224. The summed E-state index contributed by atoms with van der Waals surface area (Å²) in [4.78, 5) is 21.7. The number of hydrogen-bond acceptors (Lipinski definition) is 6. The van der Waals surface area contributed by atoms with Gasteiger partial charge >= 0.3 is 0 Å². The second-order valence-electron chi connectivity index (χ2n) is 4.74. The third-order valence-corrected chi connectivity index (χ3v) is 3.01. The molecule has 0 aliphatic carbocycles. The Morgan fingerprint density at radius 2 is 2.00 bits per heavy atom. The average Bonchev–Trinajstić information content (AvgIpc) is 2.55. The van der Waals surface area contributed by atoms with Crippen molar-refractivity contribution < 1.29 is 14.8 Å². The van der Waals surface area contributed by atoms with Crippen molar-refractivity contribution in [3.8, 4) is 11.8 Å². The fourth-order valence-electron chi connectivity index (χ4n) is 1.87. The lowest BCUT2D eigenvalue weighted by Gasteiger charge is -2.13. The van der Waals surface area contributed by atoms with Crippen molar-refractivity contribution in [1.29, 1.82) is 5.26 Å². The average molecular weight is 315 g/mol. The van der Waals surface area contributed by atoms with Gasteiger partial charge in [0.05, 0.1) is 29.3 Å². The minimum atomic E-state index is -1.02. The number of aliphatic hydroxyl groups excluding tert-OH is 1. The summed E-state index contributed by atoms with van der Waals surface area (Å²) in [5, 5.41) is 29.3. The molecular weight excluding hydrogens is 302 g/mol. The van der Waals surface area contributed by atoms with E-state index in [1.54, 1.807) is 24.3 Å². The maximum absolute atomic E-state index is 11.6. The summed E-state index contributed by atoms with van der Waals surface area (Å²) >= 11 is 0. The number of rotatable bonds is 6. The van der Waals surface area contributed by atoms with Crippen LogP contribution in [0.3, 0.4) is 0 Å². The highest BCUT2D eigenvalue weighted by Crippen LogP contribution is 2.12. The predicted octanol–water partition coefficient (Wildman–Crippen LogP) is 1.07. The minimum absolute atomic E-state index is 0.0962. The monoisotopic (exact) mass is 315 g/mol. The summed E-state index contributed by atoms with van der Waals surface area (Å²) in [5.74, 6) is 0.467. The van der Waals surface area contributed by atoms with Crippen molar-refractivity contribution in [1.82, 2.24) is 4.57 Å². The summed E-state index contributed by atoms with van der Waals surface area (Å²) in [5.41, 5.74) is -0.195. The Balaban J connectivity index is 1.98. The number of hydrogen-bond donors (Lipinski definition) is 1. The number of aliphatic hydroxyl groups is 1. The summed E-state index contributed by atoms with van der Waals surface area (Å²) in [7, 11) is 0. The molecule has 0 bridgehead atoms. The van der Waals surface area contributed by atoms with Crippen LogP contribution in [0.1, 0.15) is 5.56 Å². The van der Waals surface area contributed by atoms with Crippen LogP contribution in [-0.2, 0) is 6.54 Å². The van der Waals surface area contributed by atoms with Crippen molar-refractivity contribution in [3.05, 3.63) is 68.6 Å². The Morgan fingerprint density at radius 3 is 2.61 bits per heavy atom. The molecule has 0 unspecified atom stereocenters. The maximum atomic E-state index is 11.6. The van der Waals surface area contributed by atoms with E-state index < -0.39 is 16.6 Å². The first-order valence-electron chi connectivity index (χ1n) is 6.65. The third-order valence-electron chi connectivity index (χ3n) is 3.01. The molecule has 1 aromatic heterocycles. The van der Waals surface area contributed by atoms with Crippen LogP contribution in [0.4, 0.5) is 5.69 Å². The van der Waals surface area contributed by atoms with E-state index in [9.17, 15) is 20.0 Å². The van der Waals surface area contributed by atoms with Gasteiger partial charge in [0.25, 0.3) is 11.2 Å². The fraction of sp³-hybridized carbons (Fsp3) is 0.200. The Labute approximate surface area is 130 Å². The quantitative estimate of drug-likeness (QED) is 0.629. The molecule has 2 aromatic rings. The van der Waals surface area contributed by atoms with Gasteiger partial charge in [-0.25, -0.2) is 0 Å². The lowest BCUT2D eigenvalue weighted by Crippen LogP contribution is -2.29. The van der Waals surface area contributed by atoms with Crippen molar-refractivity contribution in [3.63, 3.8) is 0 Å². The molecule has 1 aromatic carbocycles. The molecule has 0 aliphatic rings. The Morgan fingerprint density at radius 1 is 1.30 bits per heavy atom. The molecule has 0 spiro atoms. The molecule has 1 heterocycles. The molecular formula is C15H13N3O5. The zero-order valence-electron chi connectivity index (χ0n) is 12.0. The van der Waals surface area contributed by atoms with Gasteiger partial charge in [0.15, 0.2) is 0 Å². The first-order valence-corrected chi connectivity index (χ1v) is 6.65. The lowest BCUT2D eigenvalue weighted by atomic mass is 10.2. The topological polar surface area (TPSA) is 118 Å². The van der Waals surface area contributed by atoms with Crippen LogP contribution in [0, 0.1) is 21.4 Å². The van der Waals surface area contributed by atoms with Crippen LogP contribution in [0.5, 0.6) is 5.75 Å². The first-order chi connectivity index (χ1) is 11.0. The molecule has 2 rings (SSSR count). The van der Waals surface area contributed by atoms with Crippen molar-refractivity contribution in [2.24, 2.45) is 0 Å². The number of aromatic nitrogens is 1. The van der Waals surface area contributed by atoms with Gasteiger partial charge < -0.3 is 14.4 Å². The molecule has 0 aliphatic heterocycles. The smallest absolute Gasteiger partial charge is 0.285 e. The van der Waals surface area contributed by atoms with Gasteiger partial charge in [0.1, 0.15) is 18.5 Å². The van der Waals surface area contributed by atoms with E-state index in [0.717, 1.165) is 22.9 Å². The van der Waals surface area contributed by atoms with Crippen LogP contribution >= 0.6 is 0 Å². The summed E-state index contributed by atoms with van der Waals surface area (Å²) < 4.78 is 6.41. The van der Waals surface area contributed by atoms with Gasteiger partial charge in [-0.15, -0.1) is 0 Å². The molecule has 118 valence electrons. The van der Waals surface area contributed by atoms with Crippen molar-refractivity contribution in [2.75, 3.05) is 6.61 Å². The number of ether oxygens (including phenoxy) is 1. The number of pyridine rings is 1. The Hall–Kier alpha value is -3.18. The first kappa shape index (κ1) is 16.2. The predicted molar refractivity (Wildman–Crippen MR) is 80.0 cm³/mol. The second-order valence-corrected chi connectivity index (χ2v) is 4.74. The molecule has 0 saturated carbocycles. The zero-order chi connectivity index (χ0) is 16.8. The molecule has 1 N–H and O–H groups in total. The number of nitro groups is 1. The second kappa shape index (κ2) is 7.20. The van der Waals surface area contributed by atoms with E-state index in [1.807, 2.05) is 6.07 Å². The molecule has 0 radical (unpaired) electrons. The highest BCUT2D eigenvalue weighted by molar-refractivity contribution is 5.34. The zero-order valence-corrected chi connectivity index (χ0v) is 12.0. The number of benzene rings is 1. The van der Waals surface area contributed by atoms with Crippen LogP contribution in [0.15, 0.2) is 47.4 Å². The fourth-order valence-corrected chi connectivity index (χ4v) is 1.87. The van der Waals surface area contributed by atoms with Gasteiger partial charge in [-0.05, 0) is 24.3 Å². The van der Waals surface area contributed by atoms with Gasteiger partial charge in [0.2, 0.25) is 0 Å². The Bertz CT molecular complexity index is 792. The minimum Gasteiger partial charge on any atom is -0.491 e. The lowest BCUT2D eigenvalue weighted by molar-refractivity contribution is -0.385. The van der Waals surface area contributed by atoms with Gasteiger partial charge in [-0.1, -0.05) is 0 Å². The third kappa shape index (κ3) is 4.39. The SMILES string of the molecule is N#Cc1ccc(OC[C@H](O)Cn2cc([N+](=O)[O-])ccc2=O)cc1. The Kier molecular flexibility index (Phi) is 5.07. The van der Waals surface area contributed by atoms with Gasteiger partial charge in [0, 0.05) is 12.1 Å². The van der Waals surface area contributed by atoms with E-state index in [-0.39, 0.29) is 18.8 Å². The highest BCUT2D eigenvalue weighted by Gasteiger charge is 2.12. The molecule has 8 nitrogen and oxygen atoms in total. The van der Waals surface area contributed by atoms with Crippen LogP contribution in [0.2, 0.25) is 0 Å². The van der Waals surface area contributed by atoms with Crippen LogP contribution in [-0.4, -0.2) is 27.3 Å². The van der Waals surface area contributed by atoms with Crippen LogP contribution < -0.4 is 10.3 Å². The largest absolute Gasteiger partial charge is 0.491 e. The molecule has 1 atom stereocenters. The van der Waals surface area contributed by atoms with E-state index in [2.05, 4.69) is 0 Å². The van der Waals surface area contributed by atoms with E-state index >= 15 is 0 Å². The summed E-state index contributed by atoms with van der Waals surface area (Å²) in [6.07, 6.45) is 0.0538. The van der Waals surface area contributed by atoms with Crippen LogP contribution in [0.25, 0.3) is 0 Å². The number of nitrogens with zero attached hydrogens (tertiary/aromatic N) is 3. The van der Waals surface area contributed by atoms with E-state index in [1.165, 1.54) is 0 Å². The maximum Gasteiger partial charge on any atom is 0.285 e. The normalized spacial score (nSPS) is 11.5. The molecule has 0 amide bonds. The van der Waals surface area contributed by atoms with Gasteiger partial charge in [-0.3, -0.25) is 14.9 Å². The molecule has 23 heavy (non-hydrogen) atoms.